The zero-order chi connectivity index (χ0) is 18.3. The van der Waals surface area contributed by atoms with Gasteiger partial charge in [0.05, 0.1) is 12.0 Å². The van der Waals surface area contributed by atoms with Crippen LogP contribution in [0.4, 0.5) is 0 Å². The minimum Gasteiger partial charge on any atom is -0.486 e. The summed E-state index contributed by atoms with van der Waals surface area (Å²) >= 11 is 0. The number of hydrogen-bond acceptors (Lipinski definition) is 3. The third kappa shape index (κ3) is 3.00. The van der Waals surface area contributed by atoms with Gasteiger partial charge in [0, 0.05) is 31.5 Å². The molecule has 0 N–H and O–H groups in total. The fraction of sp³-hybridized carbons (Fsp3) is 0.364. The Kier molecular flexibility index (Phi) is 4.06. The van der Waals surface area contributed by atoms with Crippen molar-refractivity contribution in [3.8, 4) is 5.75 Å². The van der Waals surface area contributed by atoms with Crippen LogP contribution in [0.15, 0.2) is 42.5 Å². The maximum Gasteiger partial charge on any atom is 0.253 e. The van der Waals surface area contributed by atoms with Crippen LogP contribution in [0.25, 0.3) is 0 Å². The second-order valence-corrected chi connectivity index (χ2v) is 7.54. The zero-order valence-electron chi connectivity index (χ0n) is 15.2. The molecule has 2 heterocycles. The minimum absolute atomic E-state index is 0.0537. The van der Waals surface area contributed by atoms with Gasteiger partial charge in [-0.25, -0.2) is 0 Å². The second-order valence-electron chi connectivity index (χ2n) is 7.54. The van der Waals surface area contributed by atoms with E-state index in [2.05, 4.69) is 0 Å². The first kappa shape index (κ1) is 16.8. The molecule has 2 aliphatic rings. The Morgan fingerprint density at radius 2 is 1.65 bits per heavy atom. The number of carbonyl (C=O) groups is 2. The van der Waals surface area contributed by atoms with E-state index >= 15 is 0 Å². The molecule has 4 rings (SSSR count). The third-order valence-electron chi connectivity index (χ3n) is 5.51. The Balaban J connectivity index is 1.48. The quantitative estimate of drug-likeness (QED) is 0.783. The van der Waals surface area contributed by atoms with E-state index in [1.807, 2.05) is 61.2 Å². The number of likely N-dealkylation sites (tertiary alicyclic amines) is 1. The van der Waals surface area contributed by atoms with Crippen molar-refractivity contribution in [3.63, 3.8) is 0 Å². The van der Waals surface area contributed by atoms with Crippen LogP contribution in [-0.2, 0) is 0 Å². The lowest BCUT2D eigenvalue weighted by Crippen LogP contribution is -2.52. The molecule has 26 heavy (non-hydrogen) atoms. The largest absolute Gasteiger partial charge is 0.486 e. The Labute approximate surface area is 153 Å². The summed E-state index contributed by atoms with van der Waals surface area (Å²) in [5.41, 5.74) is 3.14. The average Bonchev–Trinajstić information content (AvgIpc) is 2.63. The molecule has 0 aromatic heterocycles. The van der Waals surface area contributed by atoms with Crippen molar-refractivity contribution in [2.45, 2.75) is 38.7 Å². The highest BCUT2D eigenvalue weighted by atomic mass is 16.5. The van der Waals surface area contributed by atoms with Crippen LogP contribution in [0.3, 0.4) is 0 Å². The molecule has 1 spiro atoms. The van der Waals surface area contributed by atoms with Crippen LogP contribution in [0.5, 0.6) is 5.75 Å². The minimum atomic E-state index is -0.469. The van der Waals surface area contributed by atoms with E-state index in [4.69, 9.17) is 4.74 Å². The van der Waals surface area contributed by atoms with E-state index in [9.17, 15) is 9.59 Å². The van der Waals surface area contributed by atoms with Gasteiger partial charge in [-0.05, 0) is 38.1 Å². The molecular formula is C22H23NO3. The number of carbonyl (C=O) groups excluding carboxylic acids is 2. The van der Waals surface area contributed by atoms with Crippen molar-refractivity contribution >= 4 is 11.7 Å². The number of ketones is 1. The number of amides is 1. The van der Waals surface area contributed by atoms with Crippen molar-refractivity contribution < 1.29 is 14.3 Å². The van der Waals surface area contributed by atoms with Crippen LogP contribution in [0.2, 0.25) is 0 Å². The molecule has 4 heteroatoms. The SMILES string of the molecule is Cc1ccc(C(=O)N2CCC3(CC2)CC(=O)c2cc(C)ccc2O3)cc1. The fourth-order valence-corrected chi connectivity index (χ4v) is 3.88. The maximum absolute atomic E-state index is 12.7. The molecule has 0 aliphatic carbocycles. The highest BCUT2D eigenvalue weighted by Crippen LogP contribution is 2.39. The molecule has 0 saturated carbocycles. The van der Waals surface area contributed by atoms with E-state index < -0.39 is 5.60 Å². The summed E-state index contributed by atoms with van der Waals surface area (Å²) in [5, 5.41) is 0. The van der Waals surface area contributed by atoms with E-state index in [0.29, 0.717) is 49.2 Å². The van der Waals surface area contributed by atoms with Crippen molar-refractivity contribution in [3.05, 3.63) is 64.7 Å². The van der Waals surface area contributed by atoms with Gasteiger partial charge in [0.1, 0.15) is 11.4 Å². The van der Waals surface area contributed by atoms with Gasteiger partial charge in [-0.3, -0.25) is 9.59 Å². The van der Waals surface area contributed by atoms with E-state index in [1.54, 1.807) is 0 Å². The predicted molar refractivity (Wildman–Crippen MR) is 99.8 cm³/mol. The molecule has 1 amide bonds. The maximum atomic E-state index is 12.7. The van der Waals surface area contributed by atoms with Crippen molar-refractivity contribution in [1.29, 1.82) is 0 Å². The smallest absolute Gasteiger partial charge is 0.253 e. The van der Waals surface area contributed by atoms with Crippen molar-refractivity contribution in [2.24, 2.45) is 0 Å². The van der Waals surface area contributed by atoms with Crippen LogP contribution >= 0.6 is 0 Å². The monoisotopic (exact) mass is 349 g/mol. The lowest BCUT2D eigenvalue weighted by molar-refractivity contribution is -0.00572. The molecule has 0 atom stereocenters. The van der Waals surface area contributed by atoms with Gasteiger partial charge in [0.2, 0.25) is 0 Å². The first-order valence-corrected chi connectivity index (χ1v) is 9.15. The van der Waals surface area contributed by atoms with E-state index in [-0.39, 0.29) is 11.7 Å². The van der Waals surface area contributed by atoms with Crippen molar-refractivity contribution in [1.82, 2.24) is 4.90 Å². The van der Waals surface area contributed by atoms with E-state index in [0.717, 1.165) is 11.1 Å². The fourth-order valence-electron chi connectivity index (χ4n) is 3.88. The molecule has 4 nitrogen and oxygen atoms in total. The molecule has 2 aliphatic heterocycles. The van der Waals surface area contributed by atoms with Crippen LogP contribution < -0.4 is 4.74 Å². The zero-order valence-corrected chi connectivity index (χ0v) is 15.2. The molecule has 134 valence electrons. The Morgan fingerprint density at radius 1 is 1.00 bits per heavy atom. The summed E-state index contributed by atoms with van der Waals surface area (Å²) in [6.07, 6.45) is 1.77. The highest BCUT2D eigenvalue weighted by Gasteiger charge is 2.43. The summed E-state index contributed by atoms with van der Waals surface area (Å²) in [7, 11) is 0. The summed E-state index contributed by atoms with van der Waals surface area (Å²) in [4.78, 5) is 27.2. The molecule has 2 aromatic carbocycles. The molecule has 0 bridgehead atoms. The molecule has 0 radical (unpaired) electrons. The number of Topliss-reactive ketones (excluding diaryl/α,β-unsaturated/α-hetero) is 1. The second kappa shape index (κ2) is 6.27. The average molecular weight is 349 g/mol. The predicted octanol–water partition coefficient (Wildman–Crippen LogP) is 3.94. The number of aryl methyl sites for hydroxylation is 2. The van der Waals surface area contributed by atoms with Crippen LogP contribution in [0, 0.1) is 13.8 Å². The molecule has 1 fully saturated rings. The number of fused-ring (bicyclic) bond motifs is 1. The van der Waals surface area contributed by atoms with Gasteiger partial charge in [-0.15, -0.1) is 0 Å². The number of piperidine rings is 1. The highest BCUT2D eigenvalue weighted by molar-refractivity contribution is 6.00. The van der Waals surface area contributed by atoms with Crippen LogP contribution in [-0.4, -0.2) is 35.3 Å². The summed E-state index contributed by atoms with van der Waals surface area (Å²) in [6.45, 7) is 5.21. The van der Waals surface area contributed by atoms with Gasteiger partial charge in [0.15, 0.2) is 5.78 Å². The lowest BCUT2D eigenvalue weighted by Gasteiger charge is -2.44. The molecular weight excluding hydrogens is 326 g/mol. The Bertz CT molecular complexity index is 861. The number of benzene rings is 2. The summed E-state index contributed by atoms with van der Waals surface area (Å²) in [6, 6.07) is 13.4. The normalized spacial score (nSPS) is 18.4. The van der Waals surface area contributed by atoms with Gasteiger partial charge in [-0.2, -0.15) is 0 Å². The Morgan fingerprint density at radius 3 is 2.35 bits per heavy atom. The molecule has 1 saturated heterocycles. The third-order valence-corrected chi connectivity index (χ3v) is 5.51. The molecule has 0 unspecified atom stereocenters. The van der Waals surface area contributed by atoms with Gasteiger partial charge in [-0.1, -0.05) is 29.3 Å². The number of hydrogen-bond donors (Lipinski definition) is 0. The van der Waals surface area contributed by atoms with E-state index in [1.165, 1.54) is 0 Å². The molecule has 2 aromatic rings. The standard InChI is InChI=1S/C22H23NO3/c1-15-3-6-17(7-4-15)21(25)23-11-9-22(10-12-23)14-19(24)18-13-16(2)5-8-20(18)26-22/h3-8,13H,9-12,14H2,1-2H3. The Hall–Kier alpha value is -2.62. The topological polar surface area (TPSA) is 46.6 Å². The van der Waals surface area contributed by atoms with Gasteiger partial charge < -0.3 is 9.64 Å². The first-order valence-electron chi connectivity index (χ1n) is 9.15. The van der Waals surface area contributed by atoms with Crippen LogP contribution in [0.1, 0.15) is 51.1 Å². The lowest BCUT2D eigenvalue weighted by atomic mass is 9.82. The van der Waals surface area contributed by atoms with Crippen molar-refractivity contribution in [2.75, 3.05) is 13.1 Å². The first-order chi connectivity index (χ1) is 12.5. The summed E-state index contributed by atoms with van der Waals surface area (Å²) in [5.74, 6) is 0.886. The van der Waals surface area contributed by atoms with Gasteiger partial charge >= 0.3 is 0 Å². The summed E-state index contributed by atoms with van der Waals surface area (Å²) < 4.78 is 6.28. The number of ether oxygens (including phenoxy) is 1. The number of rotatable bonds is 1. The van der Waals surface area contributed by atoms with Gasteiger partial charge in [0.25, 0.3) is 5.91 Å². The number of nitrogens with zero attached hydrogens (tertiary/aromatic N) is 1.